The van der Waals surface area contributed by atoms with Crippen LogP contribution in [-0.2, 0) is 4.74 Å². The first-order valence-electron chi connectivity index (χ1n) is 11.5. The highest BCUT2D eigenvalue weighted by molar-refractivity contribution is 5.91. The summed E-state index contributed by atoms with van der Waals surface area (Å²) in [7, 11) is 1.44. The molecule has 3 atom stereocenters. The molecule has 0 aliphatic heterocycles. The lowest BCUT2D eigenvalue weighted by atomic mass is 9.88. The van der Waals surface area contributed by atoms with Crippen LogP contribution in [0.4, 0.5) is 0 Å². The Morgan fingerprint density at radius 2 is 1.81 bits per heavy atom. The van der Waals surface area contributed by atoms with Gasteiger partial charge in [-0.25, -0.2) is 4.79 Å². The summed E-state index contributed by atoms with van der Waals surface area (Å²) in [5, 5.41) is 6.58. The molecular weight excluding hydrogens is 382 g/mol. The molecule has 3 aromatic carbocycles. The third kappa shape index (κ3) is 4.83. The van der Waals surface area contributed by atoms with Crippen LogP contribution >= 0.6 is 0 Å². The van der Waals surface area contributed by atoms with Crippen molar-refractivity contribution in [1.82, 2.24) is 5.32 Å². The molecule has 1 aliphatic carbocycles. The van der Waals surface area contributed by atoms with E-state index in [9.17, 15) is 4.79 Å². The smallest absolute Gasteiger partial charge is 0.338 e. The number of hydrogen-bond acceptors (Lipinski definition) is 3. The Bertz CT molecular complexity index is 1050. The van der Waals surface area contributed by atoms with Gasteiger partial charge < -0.3 is 10.1 Å². The third-order valence-corrected chi connectivity index (χ3v) is 6.83. The Morgan fingerprint density at radius 3 is 2.61 bits per heavy atom. The number of rotatable bonds is 5. The van der Waals surface area contributed by atoms with E-state index >= 15 is 0 Å². The van der Waals surface area contributed by atoms with E-state index in [-0.39, 0.29) is 5.97 Å². The molecule has 0 saturated heterocycles. The van der Waals surface area contributed by atoms with E-state index in [0.29, 0.717) is 23.6 Å². The van der Waals surface area contributed by atoms with Crippen molar-refractivity contribution in [2.24, 2.45) is 0 Å². The quantitative estimate of drug-likeness (QED) is 0.372. The summed E-state index contributed by atoms with van der Waals surface area (Å²) in [6.45, 7) is 4.29. The van der Waals surface area contributed by atoms with Crippen LogP contribution in [0, 0.1) is 6.92 Å². The fourth-order valence-corrected chi connectivity index (χ4v) is 5.17. The van der Waals surface area contributed by atoms with E-state index in [0.717, 1.165) is 12.0 Å². The molecule has 162 valence electrons. The Kier molecular flexibility index (Phi) is 6.72. The lowest BCUT2D eigenvalue weighted by Crippen LogP contribution is -2.32. The minimum atomic E-state index is -0.256. The molecule has 2 unspecified atom stereocenters. The van der Waals surface area contributed by atoms with Crippen LogP contribution < -0.4 is 5.32 Å². The summed E-state index contributed by atoms with van der Waals surface area (Å²) < 4.78 is 4.91. The SMILES string of the molecule is COC(=O)c1ccc(C2CCCCC(N[C@H](C)c3cccc4ccccc34)C2)cc1C. The van der Waals surface area contributed by atoms with Gasteiger partial charge in [0.15, 0.2) is 0 Å². The number of fused-ring (bicyclic) bond motifs is 1. The van der Waals surface area contributed by atoms with Gasteiger partial charge in [-0.3, -0.25) is 0 Å². The predicted octanol–water partition coefficient (Wildman–Crippen LogP) is 6.70. The number of ether oxygens (including phenoxy) is 1. The molecule has 0 radical (unpaired) electrons. The fourth-order valence-electron chi connectivity index (χ4n) is 5.17. The van der Waals surface area contributed by atoms with E-state index in [1.807, 2.05) is 13.0 Å². The molecule has 0 aromatic heterocycles. The standard InChI is InChI=1S/C28H33NO2/c1-19-17-23(15-16-25(19)28(30)31-3)22-10-4-6-12-24(18-22)29-20(2)26-14-8-11-21-9-5-7-13-27(21)26/h5,7-9,11,13-17,20,22,24,29H,4,6,10,12,18H2,1-3H3/t20-,22?,24?/m1/s1. The Labute approximate surface area is 185 Å². The third-order valence-electron chi connectivity index (χ3n) is 6.83. The number of carbonyl (C=O) groups excluding carboxylic acids is 1. The molecule has 1 fully saturated rings. The van der Waals surface area contributed by atoms with Crippen LogP contribution in [0.5, 0.6) is 0 Å². The monoisotopic (exact) mass is 415 g/mol. The molecule has 0 bridgehead atoms. The van der Waals surface area contributed by atoms with E-state index in [2.05, 4.69) is 66.8 Å². The Hall–Kier alpha value is -2.65. The summed E-state index contributed by atoms with van der Waals surface area (Å²) in [6.07, 6.45) is 6.06. The number of nitrogens with one attached hydrogen (secondary N) is 1. The van der Waals surface area contributed by atoms with Crippen LogP contribution in [0.25, 0.3) is 10.8 Å². The summed E-state index contributed by atoms with van der Waals surface area (Å²) in [4.78, 5) is 11.9. The van der Waals surface area contributed by atoms with Crippen molar-refractivity contribution in [3.8, 4) is 0 Å². The maximum atomic E-state index is 11.9. The summed E-state index contributed by atoms with van der Waals surface area (Å²) in [6, 6.07) is 22.3. The van der Waals surface area contributed by atoms with Crippen molar-refractivity contribution in [3.05, 3.63) is 82.9 Å². The van der Waals surface area contributed by atoms with E-state index in [1.54, 1.807) is 0 Å². The van der Waals surface area contributed by atoms with Gasteiger partial charge in [0.2, 0.25) is 0 Å². The first kappa shape index (κ1) is 21.6. The van der Waals surface area contributed by atoms with Crippen LogP contribution in [0.2, 0.25) is 0 Å². The van der Waals surface area contributed by atoms with Gasteiger partial charge in [-0.05, 0) is 72.6 Å². The van der Waals surface area contributed by atoms with Crippen molar-refractivity contribution >= 4 is 16.7 Å². The molecule has 0 spiro atoms. The summed E-state index contributed by atoms with van der Waals surface area (Å²) in [5.41, 5.74) is 4.38. The second kappa shape index (κ2) is 9.65. The fraction of sp³-hybridized carbons (Fsp3) is 0.393. The van der Waals surface area contributed by atoms with Crippen LogP contribution in [-0.4, -0.2) is 19.1 Å². The van der Waals surface area contributed by atoms with Gasteiger partial charge in [-0.2, -0.15) is 0 Å². The van der Waals surface area contributed by atoms with Crippen molar-refractivity contribution in [1.29, 1.82) is 0 Å². The summed E-state index contributed by atoms with van der Waals surface area (Å²) >= 11 is 0. The van der Waals surface area contributed by atoms with Gasteiger partial charge >= 0.3 is 5.97 Å². The maximum Gasteiger partial charge on any atom is 0.338 e. The number of methoxy groups -OCH3 is 1. The normalized spacial score (nSPS) is 20.2. The summed E-state index contributed by atoms with van der Waals surface area (Å²) in [5.74, 6) is 0.262. The van der Waals surface area contributed by atoms with E-state index in [4.69, 9.17) is 4.74 Å². The highest BCUT2D eigenvalue weighted by atomic mass is 16.5. The van der Waals surface area contributed by atoms with Crippen molar-refractivity contribution in [2.45, 2.75) is 64.0 Å². The lowest BCUT2D eigenvalue weighted by molar-refractivity contribution is 0.0600. The van der Waals surface area contributed by atoms with Gasteiger partial charge in [0, 0.05) is 12.1 Å². The number of hydrogen-bond donors (Lipinski definition) is 1. The average Bonchev–Trinajstić information content (AvgIpc) is 3.03. The van der Waals surface area contributed by atoms with Crippen molar-refractivity contribution < 1.29 is 9.53 Å². The van der Waals surface area contributed by atoms with Crippen LogP contribution in [0.3, 0.4) is 0 Å². The highest BCUT2D eigenvalue weighted by Gasteiger charge is 2.24. The first-order chi connectivity index (χ1) is 15.1. The van der Waals surface area contributed by atoms with Gasteiger partial charge in [-0.15, -0.1) is 0 Å². The molecule has 4 rings (SSSR count). The molecule has 0 amide bonds. The number of benzene rings is 3. The molecule has 3 nitrogen and oxygen atoms in total. The van der Waals surface area contributed by atoms with Crippen LogP contribution in [0.1, 0.15) is 78.0 Å². The maximum absolute atomic E-state index is 11.9. The molecule has 1 N–H and O–H groups in total. The highest BCUT2D eigenvalue weighted by Crippen LogP contribution is 2.34. The van der Waals surface area contributed by atoms with Crippen molar-refractivity contribution in [3.63, 3.8) is 0 Å². The Balaban J connectivity index is 1.51. The van der Waals surface area contributed by atoms with Gasteiger partial charge in [0.25, 0.3) is 0 Å². The molecule has 31 heavy (non-hydrogen) atoms. The minimum Gasteiger partial charge on any atom is -0.465 e. The van der Waals surface area contributed by atoms with E-state index < -0.39 is 0 Å². The largest absolute Gasteiger partial charge is 0.465 e. The number of carbonyl (C=O) groups is 1. The molecule has 1 saturated carbocycles. The molecular formula is C28H33NO2. The van der Waals surface area contributed by atoms with Crippen LogP contribution in [0.15, 0.2) is 60.7 Å². The zero-order chi connectivity index (χ0) is 21.8. The number of esters is 1. The molecule has 1 aliphatic rings. The Morgan fingerprint density at radius 1 is 1.03 bits per heavy atom. The van der Waals surface area contributed by atoms with Crippen molar-refractivity contribution in [2.75, 3.05) is 7.11 Å². The lowest BCUT2D eigenvalue weighted by Gasteiger charge is -2.26. The second-order valence-electron chi connectivity index (χ2n) is 8.94. The van der Waals surface area contributed by atoms with E-state index in [1.165, 1.54) is 54.7 Å². The van der Waals surface area contributed by atoms with Gasteiger partial charge in [0.1, 0.15) is 0 Å². The molecule has 0 heterocycles. The second-order valence-corrected chi connectivity index (χ2v) is 8.94. The first-order valence-corrected chi connectivity index (χ1v) is 11.5. The van der Waals surface area contributed by atoms with Gasteiger partial charge in [0.05, 0.1) is 12.7 Å². The van der Waals surface area contributed by atoms with Gasteiger partial charge in [-0.1, -0.05) is 67.4 Å². The molecule has 3 heteroatoms. The zero-order valence-electron chi connectivity index (χ0n) is 18.9. The number of aryl methyl sites for hydroxylation is 1. The topological polar surface area (TPSA) is 38.3 Å². The predicted molar refractivity (Wildman–Crippen MR) is 128 cm³/mol. The zero-order valence-corrected chi connectivity index (χ0v) is 18.9. The minimum absolute atomic E-state index is 0.256. The average molecular weight is 416 g/mol. The molecule has 3 aromatic rings.